The van der Waals surface area contributed by atoms with Crippen LogP contribution in [0.5, 0.6) is 0 Å². The fraction of sp³-hybridized carbons (Fsp3) is 0.226. The van der Waals surface area contributed by atoms with Crippen LogP contribution >= 0.6 is 0 Å². The summed E-state index contributed by atoms with van der Waals surface area (Å²) in [5, 5.41) is 5.31. The third-order valence-corrected chi connectivity index (χ3v) is 12.9. The zero-order valence-corrected chi connectivity index (χ0v) is 43.5. The number of rotatable bonds is 6. The van der Waals surface area contributed by atoms with Crippen LogP contribution in [0, 0.1) is 12.1 Å². The molecule has 11 aromatic rings. The minimum Gasteiger partial charge on any atom is -0.498 e. The van der Waals surface area contributed by atoms with Gasteiger partial charge in [0, 0.05) is 59.8 Å². The maximum atomic E-state index is 6.95. The van der Waals surface area contributed by atoms with Crippen LogP contribution in [0.15, 0.2) is 156 Å². The Morgan fingerprint density at radius 3 is 1.97 bits per heavy atom. The van der Waals surface area contributed by atoms with Gasteiger partial charge in [-0.2, -0.15) is 0 Å². The molecular weight excluding hydrogens is 1020 g/mol. The average Bonchev–Trinajstić information content (AvgIpc) is 3.93. The van der Waals surface area contributed by atoms with Crippen molar-refractivity contribution in [1.82, 2.24) is 24.5 Å². The van der Waals surface area contributed by atoms with Crippen molar-refractivity contribution in [3.63, 3.8) is 0 Å². The molecule has 7 heteroatoms. The normalized spacial score (nSPS) is 12.1. The molecule has 0 aliphatic heterocycles. The van der Waals surface area contributed by atoms with E-state index in [4.69, 9.17) is 19.4 Å². The first-order chi connectivity index (χ1) is 32.7. The molecule has 0 N–H and O–H groups in total. The number of imidazole rings is 1. The number of hydrogen-bond acceptors (Lipinski definition) is 5. The molecule has 0 atom stereocenters. The van der Waals surface area contributed by atoms with Crippen LogP contribution < -0.4 is 0 Å². The Labute approximate surface area is 419 Å². The molecule has 4 heterocycles. The van der Waals surface area contributed by atoms with E-state index < -0.39 is 0 Å². The van der Waals surface area contributed by atoms with Gasteiger partial charge < -0.3 is 14.0 Å². The summed E-state index contributed by atoms with van der Waals surface area (Å²) in [6, 6.07) is 55.7. The number of furan rings is 1. The average molecular weight is 1080 g/mol. The van der Waals surface area contributed by atoms with Crippen LogP contribution in [-0.4, -0.2) is 24.5 Å². The number of pyridine rings is 1. The van der Waals surface area contributed by atoms with Gasteiger partial charge >= 0.3 is 0 Å². The molecular formula is C62H57IrN5O-2. The van der Waals surface area contributed by atoms with Crippen molar-refractivity contribution in [2.24, 2.45) is 0 Å². The molecule has 0 spiro atoms. The van der Waals surface area contributed by atoms with Crippen LogP contribution in [0.3, 0.4) is 0 Å². The van der Waals surface area contributed by atoms with Crippen molar-refractivity contribution in [2.45, 2.75) is 91.9 Å². The molecule has 4 aromatic heterocycles. The Balaban J connectivity index is 0.000000296. The second-order valence-electron chi connectivity index (χ2n) is 20.6. The molecule has 0 fully saturated rings. The van der Waals surface area contributed by atoms with Gasteiger partial charge in [-0.05, 0) is 80.4 Å². The van der Waals surface area contributed by atoms with Crippen molar-refractivity contribution < 1.29 is 24.5 Å². The quantitative estimate of drug-likeness (QED) is 0.155. The second kappa shape index (κ2) is 18.6. The van der Waals surface area contributed by atoms with E-state index in [0.29, 0.717) is 0 Å². The van der Waals surface area contributed by atoms with Crippen LogP contribution in [0.4, 0.5) is 0 Å². The molecule has 0 aliphatic rings. The standard InChI is InChI=1S/C47H41N4O.C15H16N.Ir/c1-27(2)37-24-32(29-14-9-8-10-15-29)25-38(28(3)4)41(37)51-42-33-17-12-11-16-30(33)21-23-39(42)49-45(51)36-19-13-18-34-35-22-20-31-26-48-46(47(5,6)7)50-40(31)44(35)52-43(34)36;1-15(2,3)13-9-10-16-14(11-13)12-7-5-4-6-8-12;/h8-18,20-28H,1-7H3;4-7,9-11H,1-3H3;/q2*-1;. The Bertz CT molecular complexity index is 3620. The van der Waals surface area contributed by atoms with Crippen molar-refractivity contribution in [3.8, 4) is 39.5 Å². The van der Waals surface area contributed by atoms with E-state index in [0.717, 1.165) is 77.7 Å². The van der Waals surface area contributed by atoms with E-state index in [-0.39, 0.29) is 42.8 Å². The third kappa shape index (κ3) is 8.91. The zero-order valence-electron chi connectivity index (χ0n) is 41.1. The molecule has 1 radical (unpaired) electrons. The van der Waals surface area contributed by atoms with E-state index in [9.17, 15) is 0 Å². The maximum absolute atomic E-state index is 6.95. The summed E-state index contributed by atoms with van der Waals surface area (Å²) < 4.78 is 9.36. The molecule has 0 saturated carbocycles. The molecule has 0 unspecified atom stereocenters. The van der Waals surface area contributed by atoms with E-state index in [1.807, 2.05) is 42.7 Å². The molecule has 6 nitrogen and oxygen atoms in total. The van der Waals surface area contributed by atoms with Gasteiger partial charge in [0.05, 0.1) is 22.4 Å². The fourth-order valence-electron chi connectivity index (χ4n) is 9.26. The number of fused-ring (bicyclic) bond motifs is 8. The topological polar surface area (TPSA) is 69.6 Å². The number of hydrogen-bond donors (Lipinski definition) is 0. The molecule has 0 bridgehead atoms. The molecule has 0 saturated heterocycles. The summed E-state index contributed by atoms with van der Waals surface area (Å²) in [6.45, 7) is 22.2. The van der Waals surface area contributed by atoms with E-state index in [2.05, 4.69) is 200 Å². The van der Waals surface area contributed by atoms with Crippen LogP contribution in [0.2, 0.25) is 0 Å². The summed E-state index contributed by atoms with van der Waals surface area (Å²) in [4.78, 5) is 19.6. The summed E-state index contributed by atoms with van der Waals surface area (Å²) in [5.74, 6) is 2.08. The second-order valence-corrected chi connectivity index (χ2v) is 20.6. The van der Waals surface area contributed by atoms with Crippen LogP contribution in [-0.2, 0) is 30.9 Å². The van der Waals surface area contributed by atoms with Gasteiger partial charge in [-0.15, -0.1) is 54.1 Å². The minimum atomic E-state index is -0.201. The summed E-state index contributed by atoms with van der Waals surface area (Å²) >= 11 is 0. The third-order valence-electron chi connectivity index (χ3n) is 12.9. The Kier molecular flexibility index (Phi) is 12.7. The van der Waals surface area contributed by atoms with Gasteiger partial charge in [0.2, 0.25) is 0 Å². The van der Waals surface area contributed by atoms with Gasteiger partial charge in [-0.25, -0.2) is 9.97 Å². The van der Waals surface area contributed by atoms with E-state index >= 15 is 0 Å². The first-order valence-corrected chi connectivity index (χ1v) is 23.8. The number of benzene rings is 7. The fourth-order valence-corrected chi connectivity index (χ4v) is 9.26. The van der Waals surface area contributed by atoms with Gasteiger partial charge in [-0.3, -0.25) is 4.98 Å². The van der Waals surface area contributed by atoms with Crippen molar-refractivity contribution in [1.29, 1.82) is 0 Å². The summed E-state index contributed by atoms with van der Waals surface area (Å²) in [7, 11) is 0. The molecule has 0 aliphatic carbocycles. The van der Waals surface area contributed by atoms with E-state index in [1.54, 1.807) is 0 Å². The Hall–Kier alpha value is -6.79. The van der Waals surface area contributed by atoms with Gasteiger partial charge in [0.1, 0.15) is 16.9 Å². The van der Waals surface area contributed by atoms with Gasteiger partial charge in [-0.1, -0.05) is 159 Å². The Morgan fingerprint density at radius 1 is 0.580 bits per heavy atom. The predicted octanol–water partition coefficient (Wildman–Crippen LogP) is 16.5. The summed E-state index contributed by atoms with van der Waals surface area (Å²) in [5.41, 5.74) is 14.6. The van der Waals surface area contributed by atoms with Crippen LogP contribution in [0.25, 0.3) is 94.1 Å². The molecule has 69 heavy (non-hydrogen) atoms. The maximum Gasteiger partial charge on any atom is 0.147 e. The minimum absolute atomic E-state index is 0. The number of aromatic nitrogens is 5. The largest absolute Gasteiger partial charge is 0.498 e. The predicted molar refractivity (Wildman–Crippen MR) is 283 cm³/mol. The smallest absolute Gasteiger partial charge is 0.147 e. The SMILES string of the molecule is CC(C)(C)c1ccnc(-c2[c-]cccc2)c1.CC(C)c1cc(-c2ccccc2)cc(C(C)C)c1-n1c(-c2[c-]ccc3c2oc2c3ccc3cnc(C(C)(C)C)nc32)nc2ccc3ccccc3c21.[Ir]. The van der Waals surface area contributed by atoms with Gasteiger partial charge in [0.25, 0.3) is 0 Å². The Morgan fingerprint density at radius 2 is 1.28 bits per heavy atom. The van der Waals surface area contributed by atoms with E-state index in [1.165, 1.54) is 38.9 Å². The van der Waals surface area contributed by atoms with Gasteiger partial charge in [0.15, 0.2) is 0 Å². The monoisotopic (exact) mass is 1080 g/mol. The zero-order chi connectivity index (χ0) is 47.5. The molecule has 11 rings (SSSR count). The number of nitrogens with zero attached hydrogens (tertiary/aromatic N) is 5. The van der Waals surface area contributed by atoms with Crippen molar-refractivity contribution in [3.05, 3.63) is 187 Å². The molecule has 7 aromatic carbocycles. The molecule has 347 valence electrons. The first kappa shape index (κ1) is 47.3. The summed E-state index contributed by atoms with van der Waals surface area (Å²) in [6.07, 6.45) is 3.78. The molecule has 0 amide bonds. The van der Waals surface area contributed by atoms with Crippen molar-refractivity contribution >= 4 is 54.6 Å². The first-order valence-electron chi connectivity index (χ1n) is 23.8. The van der Waals surface area contributed by atoms with Crippen molar-refractivity contribution in [2.75, 3.05) is 0 Å². The van der Waals surface area contributed by atoms with Crippen LogP contribution in [0.1, 0.15) is 104 Å².